The van der Waals surface area contributed by atoms with Gasteiger partial charge in [0.05, 0.1) is 11.2 Å². The quantitative estimate of drug-likeness (QED) is 0.782. The van der Waals surface area contributed by atoms with Crippen LogP contribution >= 0.6 is 15.9 Å². The Morgan fingerprint density at radius 3 is 2.65 bits per heavy atom. The second-order valence-corrected chi connectivity index (χ2v) is 5.68. The Bertz CT molecular complexity index is 520. The van der Waals surface area contributed by atoms with Gasteiger partial charge in [0.15, 0.2) is 0 Å². The number of carboxylic acid groups (broad SMARTS) is 1. The van der Waals surface area contributed by atoms with Gasteiger partial charge in [0.25, 0.3) is 0 Å². The molecule has 1 aromatic carbocycles. The van der Waals surface area contributed by atoms with E-state index in [-0.39, 0.29) is 0 Å². The van der Waals surface area contributed by atoms with Crippen molar-refractivity contribution in [2.24, 2.45) is 0 Å². The molecule has 90 valence electrons. The molecule has 17 heavy (non-hydrogen) atoms. The van der Waals surface area contributed by atoms with E-state index in [4.69, 9.17) is 0 Å². The van der Waals surface area contributed by atoms with Crippen molar-refractivity contribution < 1.29 is 9.90 Å². The summed E-state index contributed by atoms with van der Waals surface area (Å²) in [5.41, 5.74) is 2.28. The first-order valence-electron chi connectivity index (χ1n) is 5.35. The first-order valence-corrected chi connectivity index (χ1v) is 6.15. The van der Waals surface area contributed by atoms with Gasteiger partial charge in [-0.1, -0.05) is 22.0 Å². The molecule has 1 amide bonds. The van der Waals surface area contributed by atoms with Gasteiger partial charge < -0.3 is 5.11 Å². The van der Waals surface area contributed by atoms with E-state index in [1.54, 1.807) is 0 Å². The number of carbonyl (C=O) groups is 1. The molecule has 0 unspecified atom stereocenters. The summed E-state index contributed by atoms with van der Waals surface area (Å²) in [5.74, 6) is 0. The topological polar surface area (TPSA) is 40.5 Å². The van der Waals surface area contributed by atoms with E-state index in [1.165, 1.54) is 4.90 Å². The van der Waals surface area contributed by atoms with E-state index in [9.17, 15) is 9.90 Å². The van der Waals surface area contributed by atoms with E-state index in [1.807, 2.05) is 45.0 Å². The number of benzene rings is 1. The van der Waals surface area contributed by atoms with Crippen LogP contribution in [0.2, 0.25) is 0 Å². The molecule has 1 aliphatic rings. The van der Waals surface area contributed by atoms with Gasteiger partial charge in [-0.25, -0.2) is 4.79 Å². The number of amides is 1. The van der Waals surface area contributed by atoms with Gasteiger partial charge in [0.1, 0.15) is 0 Å². The molecule has 0 aliphatic carbocycles. The normalized spacial score (nSPS) is 17.4. The summed E-state index contributed by atoms with van der Waals surface area (Å²) < 4.78 is 0.953. The summed E-state index contributed by atoms with van der Waals surface area (Å²) in [7, 11) is 0. The third-order valence-electron chi connectivity index (χ3n) is 2.96. The van der Waals surface area contributed by atoms with Crippen molar-refractivity contribution in [2.45, 2.75) is 26.3 Å². The molecule has 0 radical (unpaired) electrons. The predicted octanol–water partition coefficient (Wildman–Crippen LogP) is 4.13. The van der Waals surface area contributed by atoms with E-state index in [0.29, 0.717) is 0 Å². The van der Waals surface area contributed by atoms with Gasteiger partial charge >= 0.3 is 6.09 Å². The maximum absolute atomic E-state index is 11.4. The summed E-state index contributed by atoms with van der Waals surface area (Å²) in [6.07, 6.45) is 1.05. The third kappa shape index (κ3) is 1.97. The summed E-state index contributed by atoms with van der Waals surface area (Å²) >= 11 is 3.41. The molecule has 1 N–H and O–H groups in total. The van der Waals surface area contributed by atoms with Crippen molar-refractivity contribution in [2.75, 3.05) is 4.90 Å². The van der Waals surface area contributed by atoms with Gasteiger partial charge in [-0.3, -0.25) is 4.90 Å². The summed E-state index contributed by atoms with van der Waals surface area (Å²) in [5, 5.41) is 9.36. The van der Waals surface area contributed by atoms with Crippen LogP contribution in [0.25, 0.3) is 5.57 Å². The fourth-order valence-electron chi connectivity index (χ4n) is 2.35. The van der Waals surface area contributed by atoms with E-state index in [2.05, 4.69) is 15.9 Å². The van der Waals surface area contributed by atoms with Gasteiger partial charge in [0.2, 0.25) is 0 Å². The van der Waals surface area contributed by atoms with Crippen molar-refractivity contribution in [1.82, 2.24) is 0 Å². The number of allylic oxidation sites excluding steroid dienone is 1. The fraction of sp³-hybridized carbons (Fsp3) is 0.308. The molecule has 2 rings (SSSR count). The molecule has 1 aromatic rings. The first kappa shape index (κ1) is 12.2. The van der Waals surface area contributed by atoms with Crippen LogP contribution in [0.5, 0.6) is 0 Å². The lowest BCUT2D eigenvalue weighted by Gasteiger charge is -2.39. The standard InChI is InChI=1S/C13H14BrNO2/c1-8-7-13(2,3)15(12(16)17)11-5-4-9(14)6-10(8)11/h4-7H,1-3H3,(H,16,17). The lowest BCUT2D eigenvalue weighted by Crippen LogP contribution is -2.48. The minimum atomic E-state index is -0.928. The molecule has 0 atom stereocenters. The molecule has 4 heteroatoms. The van der Waals surface area contributed by atoms with Crippen LogP contribution in [0.4, 0.5) is 10.5 Å². The molecule has 0 saturated carbocycles. The summed E-state index contributed by atoms with van der Waals surface area (Å²) in [4.78, 5) is 12.8. The zero-order valence-electron chi connectivity index (χ0n) is 9.99. The Kier molecular flexibility index (Phi) is 2.78. The number of hydrogen-bond acceptors (Lipinski definition) is 1. The van der Waals surface area contributed by atoms with Crippen molar-refractivity contribution in [1.29, 1.82) is 0 Å². The van der Waals surface area contributed by atoms with E-state index < -0.39 is 11.6 Å². The van der Waals surface area contributed by atoms with Crippen LogP contribution in [-0.4, -0.2) is 16.7 Å². The molecule has 1 heterocycles. The molecule has 1 aliphatic heterocycles. The van der Waals surface area contributed by atoms with Crippen molar-refractivity contribution in [3.8, 4) is 0 Å². The Balaban J connectivity index is 2.69. The number of halogens is 1. The molecule has 0 aromatic heterocycles. The van der Waals surface area contributed by atoms with Crippen LogP contribution in [0.15, 0.2) is 28.7 Å². The minimum Gasteiger partial charge on any atom is -0.465 e. The van der Waals surface area contributed by atoms with Crippen LogP contribution in [0.1, 0.15) is 26.3 Å². The smallest absolute Gasteiger partial charge is 0.412 e. The van der Waals surface area contributed by atoms with Gasteiger partial charge in [-0.2, -0.15) is 0 Å². The lowest BCUT2D eigenvalue weighted by atomic mass is 9.89. The highest BCUT2D eigenvalue weighted by atomic mass is 79.9. The molecule has 0 saturated heterocycles. The number of anilines is 1. The largest absolute Gasteiger partial charge is 0.465 e. The van der Waals surface area contributed by atoms with Crippen LogP contribution in [-0.2, 0) is 0 Å². The Labute approximate surface area is 109 Å². The molecule has 0 fully saturated rings. The monoisotopic (exact) mass is 295 g/mol. The fourth-order valence-corrected chi connectivity index (χ4v) is 2.71. The average Bonchev–Trinajstić information content (AvgIpc) is 2.17. The summed E-state index contributed by atoms with van der Waals surface area (Å²) in [6.45, 7) is 5.80. The third-order valence-corrected chi connectivity index (χ3v) is 3.45. The highest BCUT2D eigenvalue weighted by molar-refractivity contribution is 9.10. The maximum Gasteiger partial charge on any atom is 0.412 e. The van der Waals surface area contributed by atoms with Gasteiger partial charge in [-0.15, -0.1) is 0 Å². The maximum atomic E-state index is 11.4. The Morgan fingerprint density at radius 1 is 1.41 bits per heavy atom. The summed E-state index contributed by atoms with van der Waals surface area (Å²) in [6, 6.07) is 5.65. The molecular formula is C13H14BrNO2. The predicted molar refractivity (Wildman–Crippen MR) is 72.4 cm³/mol. The number of hydrogen-bond donors (Lipinski definition) is 1. The van der Waals surface area contributed by atoms with Gasteiger partial charge in [-0.05, 0) is 44.5 Å². The average molecular weight is 296 g/mol. The highest BCUT2D eigenvalue weighted by Gasteiger charge is 2.35. The van der Waals surface area contributed by atoms with E-state index in [0.717, 1.165) is 21.3 Å². The Hall–Kier alpha value is -1.29. The van der Waals surface area contributed by atoms with Crippen LogP contribution in [0, 0.1) is 0 Å². The zero-order chi connectivity index (χ0) is 12.8. The van der Waals surface area contributed by atoms with Crippen molar-refractivity contribution in [3.63, 3.8) is 0 Å². The van der Waals surface area contributed by atoms with Gasteiger partial charge in [0, 0.05) is 10.0 Å². The molecule has 0 bridgehead atoms. The second-order valence-electron chi connectivity index (χ2n) is 4.76. The number of rotatable bonds is 0. The number of nitrogens with zero attached hydrogens (tertiary/aromatic N) is 1. The van der Waals surface area contributed by atoms with Crippen molar-refractivity contribution >= 4 is 33.3 Å². The highest BCUT2D eigenvalue weighted by Crippen LogP contribution is 2.39. The molecule has 0 spiro atoms. The van der Waals surface area contributed by atoms with E-state index >= 15 is 0 Å². The molecule has 3 nitrogen and oxygen atoms in total. The number of fused-ring (bicyclic) bond motifs is 1. The molecular weight excluding hydrogens is 282 g/mol. The SMILES string of the molecule is CC1=CC(C)(C)N(C(=O)O)c2ccc(Br)cc21. The lowest BCUT2D eigenvalue weighted by molar-refractivity contribution is 0.197. The van der Waals surface area contributed by atoms with Crippen LogP contribution < -0.4 is 4.90 Å². The minimum absolute atomic E-state index is 0.517. The van der Waals surface area contributed by atoms with Crippen LogP contribution in [0.3, 0.4) is 0 Å². The van der Waals surface area contributed by atoms with Crippen molar-refractivity contribution in [3.05, 3.63) is 34.3 Å². The Morgan fingerprint density at radius 2 is 2.06 bits per heavy atom. The second kappa shape index (κ2) is 3.88. The first-order chi connectivity index (χ1) is 7.83. The zero-order valence-corrected chi connectivity index (χ0v) is 11.6.